The van der Waals surface area contributed by atoms with Crippen molar-refractivity contribution in [3.63, 3.8) is 0 Å². The number of amides is 1. The molecule has 0 fully saturated rings. The lowest BCUT2D eigenvalue weighted by Crippen LogP contribution is -2.44. The van der Waals surface area contributed by atoms with Crippen molar-refractivity contribution in [3.05, 3.63) is 83.4 Å². The number of hydrogen-bond donors (Lipinski definition) is 1. The highest BCUT2D eigenvalue weighted by Gasteiger charge is 2.36. The van der Waals surface area contributed by atoms with E-state index >= 15 is 0 Å². The molecular formula is C25H26N2O4. The maximum absolute atomic E-state index is 13.5. The molecule has 0 bridgehead atoms. The van der Waals surface area contributed by atoms with Crippen molar-refractivity contribution in [3.8, 4) is 17.2 Å². The molecule has 3 aromatic rings. The van der Waals surface area contributed by atoms with Crippen LogP contribution < -0.4 is 19.5 Å². The van der Waals surface area contributed by atoms with Crippen LogP contribution in [0, 0.1) is 0 Å². The predicted molar refractivity (Wildman–Crippen MR) is 120 cm³/mol. The van der Waals surface area contributed by atoms with Crippen LogP contribution in [0.1, 0.15) is 27.7 Å². The van der Waals surface area contributed by atoms with E-state index in [2.05, 4.69) is 17.4 Å². The summed E-state index contributed by atoms with van der Waals surface area (Å²) in [5.41, 5.74) is 3.36. The molecule has 0 aliphatic carbocycles. The molecule has 1 atom stereocenters. The first-order valence-corrected chi connectivity index (χ1v) is 10.2. The zero-order valence-electron chi connectivity index (χ0n) is 17.9. The normalized spacial score (nSPS) is 15.1. The quantitative estimate of drug-likeness (QED) is 0.611. The number of rotatable bonds is 7. The average molecular weight is 418 g/mol. The molecule has 1 N–H and O–H groups in total. The topological polar surface area (TPSA) is 60.0 Å². The van der Waals surface area contributed by atoms with Crippen LogP contribution in [0.15, 0.2) is 66.7 Å². The van der Waals surface area contributed by atoms with Crippen molar-refractivity contribution in [1.82, 2.24) is 4.90 Å². The summed E-state index contributed by atoms with van der Waals surface area (Å²) in [6, 6.07) is 21.3. The van der Waals surface area contributed by atoms with Gasteiger partial charge in [-0.2, -0.15) is 0 Å². The number of fused-ring (bicyclic) bond motifs is 1. The molecule has 4 rings (SSSR count). The van der Waals surface area contributed by atoms with Gasteiger partial charge in [0, 0.05) is 24.4 Å². The van der Waals surface area contributed by atoms with Crippen LogP contribution in [0.3, 0.4) is 0 Å². The summed E-state index contributed by atoms with van der Waals surface area (Å²) < 4.78 is 16.7. The summed E-state index contributed by atoms with van der Waals surface area (Å²) in [5, 5.41) is 3.52. The summed E-state index contributed by atoms with van der Waals surface area (Å²) in [4.78, 5) is 15.4. The maximum atomic E-state index is 13.5. The van der Waals surface area contributed by atoms with Gasteiger partial charge >= 0.3 is 0 Å². The van der Waals surface area contributed by atoms with E-state index in [1.165, 1.54) is 5.56 Å². The van der Waals surface area contributed by atoms with Gasteiger partial charge in [-0.15, -0.1) is 0 Å². The third kappa shape index (κ3) is 4.01. The van der Waals surface area contributed by atoms with Crippen LogP contribution in [-0.2, 0) is 6.42 Å². The summed E-state index contributed by atoms with van der Waals surface area (Å²) in [6.07, 6.45) is 0.273. The molecule has 1 heterocycles. The molecule has 1 aliphatic heterocycles. The van der Waals surface area contributed by atoms with Crippen molar-refractivity contribution in [2.45, 2.75) is 12.6 Å². The number of para-hydroxylation sites is 1. The lowest BCUT2D eigenvalue weighted by Gasteiger charge is -2.39. The average Bonchev–Trinajstić information content (AvgIpc) is 2.83. The predicted octanol–water partition coefficient (Wildman–Crippen LogP) is 4.52. The largest absolute Gasteiger partial charge is 0.496 e. The molecule has 31 heavy (non-hydrogen) atoms. The van der Waals surface area contributed by atoms with Gasteiger partial charge in [0.1, 0.15) is 23.4 Å². The van der Waals surface area contributed by atoms with Crippen molar-refractivity contribution in [2.75, 3.05) is 33.2 Å². The first kappa shape index (κ1) is 20.6. The van der Waals surface area contributed by atoms with Gasteiger partial charge < -0.3 is 24.4 Å². The lowest BCUT2D eigenvalue weighted by molar-refractivity contribution is 0.0681. The van der Waals surface area contributed by atoms with Gasteiger partial charge in [-0.05, 0) is 24.1 Å². The third-order valence-corrected chi connectivity index (χ3v) is 5.53. The van der Waals surface area contributed by atoms with Crippen LogP contribution in [0.4, 0.5) is 5.69 Å². The summed E-state index contributed by atoms with van der Waals surface area (Å²) in [6.45, 7) is 0.535. The lowest BCUT2D eigenvalue weighted by atomic mass is 10.0. The van der Waals surface area contributed by atoms with E-state index in [9.17, 15) is 4.79 Å². The van der Waals surface area contributed by atoms with Gasteiger partial charge in [0.05, 0.1) is 32.5 Å². The second-order valence-corrected chi connectivity index (χ2v) is 7.27. The SMILES string of the molecule is COc1cc(OC)c([C@@H]2Nc3ccccc3C(=O)N2CCc2ccccc2)c(OC)c1. The molecule has 0 radical (unpaired) electrons. The van der Waals surface area contributed by atoms with Gasteiger partial charge in [-0.1, -0.05) is 42.5 Å². The van der Waals surface area contributed by atoms with E-state index in [-0.39, 0.29) is 5.91 Å². The molecule has 160 valence electrons. The second-order valence-electron chi connectivity index (χ2n) is 7.27. The molecule has 0 spiro atoms. The van der Waals surface area contributed by atoms with Crippen LogP contribution in [0.25, 0.3) is 0 Å². The highest BCUT2D eigenvalue weighted by Crippen LogP contribution is 2.43. The maximum Gasteiger partial charge on any atom is 0.257 e. The Morgan fingerprint density at radius 1 is 0.871 bits per heavy atom. The fraction of sp³-hybridized carbons (Fsp3) is 0.240. The van der Waals surface area contributed by atoms with Crippen LogP contribution in [0.5, 0.6) is 17.2 Å². The number of hydrogen-bond acceptors (Lipinski definition) is 5. The van der Waals surface area contributed by atoms with Gasteiger partial charge in [0.15, 0.2) is 0 Å². The van der Waals surface area contributed by atoms with E-state index in [1.807, 2.05) is 47.4 Å². The van der Waals surface area contributed by atoms with Crippen LogP contribution in [0.2, 0.25) is 0 Å². The fourth-order valence-electron chi connectivity index (χ4n) is 3.95. The Morgan fingerprint density at radius 2 is 1.52 bits per heavy atom. The fourth-order valence-corrected chi connectivity index (χ4v) is 3.95. The molecule has 1 aliphatic rings. The van der Waals surface area contributed by atoms with Crippen LogP contribution >= 0.6 is 0 Å². The Hall–Kier alpha value is -3.67. The molecule has 0 saturated carbocycles. The molecule has 0 unspecified atom stereocenters. The summed E-state index contributed by atoms with van der Waals surface area (Å²) in [5.74, 6) is 1.77. The van der Waals surface area contributed by atoms with Crippen molar-refractivity contribution < 1.29 is 19.0 Å². The smallest absolute Gasteiger partial charge is 0.257 e. The molecule has 6 heteroatoms. The van der Waals surface area contributed by atoms with Gasteiger partial charge in [-0.3, -0.25) is 4.79 Å². The van der Waals surface area contributed by atoms with E-state index < -0.39 is 6.17 Å². The van der Waals surface area contributed by atoms with Crippen molar-refractivity contribution >= 4 is 11.6 Å². The number of carbonyl (C=O) groups excluding carboxylic acids is 1. The Labute approximate surface area is 182 Å². The first-order valence-electron chi connectivity index (χ1n) is 10.2. The Morgan fingerprint density at radius 3 is 2.16 bits per heavy atom. The zero-order valence-corrected chi connectivity index (χ0v) is 17.9. The molecule has 6 nitrogen and oxygen atoms in total. The Bertz CT molecular complexity index is 1040. The highest BCUT2D eigenvalue weighted by molar-refractivity contribution is 6.01. The number of ether oxygens (including phenoxy) is 3. The second kappa shape index (κ2) is 9.00. The minimum atomic E-state index is -0.457. The Kier molecular flexibility index (Phi) is 5.98. The molecular weight excluding hydrogens is 392 g/mol. The van der Waals surface area contributed by atoms with Gasteiger partial charge in [0.2, 0.25) is 0 Å². The highest BCUT2D eigenvalue weighted by atomic mass is 16.5. The van der Waals surface area contributed by atoms with Crippen LogP contribution in [-0.4, -0.2) is 38.7 Å². The van der Waals surface area contributed by atoms with E-state index in [1.54, 1.807) is 33.5 Å². The van der Waals surface area contributed by atoms with Crippen molar-refractivity contribution in [1.29, 1.82) is 0 Å². The summed E-state index contributed by atoms with van der Waals surface area (Å²) >= 11 is 0. The van der Waals surface area contributed by atoms with E-state index in [0.717, 1.165) is 17.7 Å². The number of nitrogens with zero attached hydrogens (tertiary/aromatic N) is 1. The number of methoxy groups -OCH3 is 3. The first-order chi connectivity index (χ1) is 15.2. The number of benzene rings is 3. The van der Waals surface area contributed by atoms with E-state index in [4.69, 9.17) is 14.2 Å². The standard InChI is InChI=1S/C25H26N2O4/c1-29-18-15-21(30-2)23(22(16-18)31-3)24-26-20-12-8-7-11-19(20)25(28)27(24)14-13-17-9-5-4-6-10-17/h4-12,15-16,24,26H,13-14H2,1-3H3/t24-/m1/s1. The number of nitrogens with one attached hydrogen (secondary N) is 1. The number of anilines is 1. The zero-order chi connectivity index (χ0) is 21.8. The molecule has 0 saturated heterocycles. The molecule has 3 aromatic carbocycles. The summed E-state index contributed by atoms with van der Waals surface area (Å²) in [7, 11) is 4.80. The van der Waals surface area contributed by atoms with Crippen molar-refractivity contribution in [2.24, 2.45) is 0 Å². The minimum absolute atomic E-state index is 0.0322. The van der Waals surface area contributed by atoms with Gasteiger partial charge in [0.25, 0.3) is 5.91 Å². The number of carbonyl (C=O) groups is 1. The van der Waals surface area contributed by atoms with Gasteiger partial charge in [-0.25, -0.2) is 0 Å². The molecule has 0 aromatic heterocycles. The van der Waals surface area contributed by atoms with E-state index in [0.29, 0.717) is 29.4 Å². The molecule has 1 amide bonds. The monoisotopic (exact) mass is 418 g/mol. The third-order valence-electron chi connectivity index (χ3n) is 5.53. The minimum Gasteiger partial charge on any atom is -0.496 e. The Balaban J connectivity index is 1.79.